The van der Waals surface area contributed by atoms with Crippen molar-refractivity contribution < 1.29 is 4.74 Å². The van der Waals surface area contributed by atoms with E-state index in [9.17, 15) is 0 Å². The summed E-state index contributed by atoms with van der Waals surface area (Å²) < 4.78 is 7.46. The molecule has 5 nitrogen and oxygen atoms in total. The van der Waals surface area contributed by atoms with Crippen LogP contribution in [0.4, 0.5) is 0 Å². The maximum atomic E-state index is 6.17. The molecular weight excluding hydrogens is 228 g/mol. The average molecular weight is 252 g/mol. The van der Waals surface area contributed by atoms with Gasteiger partial charge in [-0.05, 0) is 32.6 Å². The lowest BCUT2D eigenvalue weighted by Crippen LogP contribution is -2.41. The van der Waals surface area contributed by atoms with Crippen molar-refractivity contribution in [3.05, 3.63) is 11.6 Å². The number of rotatable bonds is 4. The molecule has 3 atom stereocenters. The van der Waals surface area contributed by atoms with Crippen LogP contribution < -0.4 is 5.73 Å². The molecule has 0 radical (unpaired) electrons. The van der Waals surface area contributed by atoms with Gasteiger partial charge in [-0.15, -0.1) is 0 Å². The van der Waals surface area contributed by atoms with E-state index in [1.807, 2.05) is 6.92 Å². The molecule has 0 bridgehead atoms. The van der Waals surface area contributed by atoms with Crippen molar-refractivity contribution in [3.8, 4) is 0 Å². The third-order valence-corrected chi connectivity index (χ3v) is 3.74. The Morgan fingerprint density at radius 2 is 2.22 bits per heavy atom. The van der Waals surface area contributed by atoms with Crippen molar-refractivity contribution in [2.45, 2.75) is 64.1 Å². The molecule has 2 N–H and O–H groups in total. The third kappa shape index (κ3) is 2.72. The summed E-state index contributed by atoms with van der Waals surface area (Å²) in [7, 11) is 1.74. The summed E-state index contributed by atoms with van der Waals surface area (Å²) in [5.74, 6) is 2.40. The Bertz CT molecular complexity index is 390. The second kappa shape index (κ2) is 5.80. The highest BCUT2D eigenvalue weighted by Crippen LogP contribution is 2.32. The predicted molar refractivity (Wildman–Crippen MR) is 70.4 cm³/mol. The van der Waals surface area contributed by atoms with E-state index in [1.165, 1.54) is 0 Å². The maximum Gasteiger partial charge on any atom is 0.147 e. The zero-order valence-corrected chi connectivity index (χ0v) is 11.6. The molecular formula is C13H24N4O. The van der Waals surface area contributed by atoms with Gasteiger partial charge in [0.25, 0.3) is 0 Å². The molecule has 1 aliphatic rings. The highest BCUT2D eigenvalue weighted by molar-refractivity contribution is 5.04. The molecule has 0 aliphatic heterocycles. The van der Waals surface area contributed by atoms with Crippen LogP contribution in [-0.4, -0.2) is 34.0 Å². The summed E-state index contributed by atoms with van der Waals surface area (Å²) in [6, 6.07) is 0.112. The smallest absolute Gasteiger partial charge is 0.147 e. The van der Waals surface area contributed by atoms with Gasteiger partial charge in [-0.3, -0.25) is 0 Å². The molecule has 1 aromatic heterocycles. The minimum absolute atomic E-state index is 0.112. The SMILES string of the molecule is CCCn1nc(C)nc1[C@H]1CC[C@@H](OC)[C@H](N)C1. The van der Waals surface area contributed by atoms with Crippen LogP contribution in [0, 0.1) is 6.92 Å². The summed E-state index contributed by atoms with van der Waals surface area (Å²) in [6.45, 7) is 5.06. The zero-order chi connectivity index (χ0) is 13.1. The van der Waals surface area contributed by atoms with Crippen molar-refractivity contribution in [2.24, 2.45) is 5.73 Å². The molecule has 1 saturated carbocycles. The van der Waals surface area contributed by atoms with Gasteiger partial charge in [0.15, 0.2) is 0 Å². The number of ether oxygens (including phenoxy) is 1. The molecule has 0 unspecified atom stereocenters. The first-order valence-electron chi connectivity index (χ1n) is 6.85. The number of aromatic nitrogens is 3. The van der Waals surface area contributed by atoms with Crippen molar-refractivity contribution in [1.82, 2.24) is 14.8 Å². The summed E-state index contributed by atoms with van der Waals surface area (Å²) in [6.07, 6.45) is 4.33. The summed E-state index contributed by atoms with van der Waals surface area (Å²) in [5.41, 5.74) is 6.17. The molecule has 102 valence electrons. The van der Waals surface area contributed by atoms with Crippen molar-refractivity contribution in [1.29, 1.82) is 0 Å². The van der Waals surface area contributed by atoms with Gasteiger partial charge in [0, 0.05) is 25.6 Å². The number of nitrogens with zero attached hydrogens (tertiary/aromatic N) is 3. The van der Waals surface area contributed by atoms with Crippen LogP contribution in [0.25, 0.3) is 0 Å². The van der Waals surface area contributed by atoms with E-state index in [1.54, 1.807) is 7.11 Å². The molecule has 18 heavy (non-hydrogen) atoms. The second-order valence-electron chi connectivity index (χ2n) is 5.19. The summed E-state index contributed by atoms with van der Waals surface area (Å²) >= 11 is 0. The first-order valence-corrected chi connectivity index (χ1v) is 6.85. The summed E-state index contributed by atoms with van der Waals surface area (Å²) in [4.78, 5) is 4.59. The molecule has 0 saturated heterocycles. The predicted octanol–water partition coefficient (Wildman–Crippen LogP) is 1.61. The lowest BCUT2D eigenvalue weighted by atomic mass is 9.83. The first kappa shape index (κ1) is 13.5. The number of hydrogen-bond acceptors (Lipinski definition) is 4. The highest BCUT2D eigenvalue weighted by Gasteiger charge is 2.31. The number of aryl methyl sites for hydroxylation is 2. The van der Waals surface area contributed by atoms with E-state index in [-0.39, 0.29) is 12.1 Å². The third-order valence-electron chi connectivity index (χ3n) is 3.74. The van der Waals surface area contributed by atoms with E-state index < -0.39 is 0 Å². The van der Waals surface area contributed by atoms with Crippen molar-refractivity contribution >= 4 is 0 Å². The normalized spacial score (nSPS) is 28.6. The minimum Gasteiger partial charge on any atom is -0.380 e. The number of hydrogen-bond donors (Lipinski definition) is 1. The fourth-order valence-corrected chi connectivity index (χ4v) is 2.86. The Morgan fingerprint density at radius 3 is 2.83 bits per heavy atom. The molecule has 1 fully saturated rings. The zero-order valence-electron chi connectivity index (χ0n) is 11.6. The molecule has 0 amide bonds. The van der Waals surface area contributed by atoms with E-state index in [0.717, 1.165) is 43.9 Å². The van der Waals surface area contributed by atoms with Crippen LogP contribution >= 0.6 is 0 Å². The minimum atomic E-state index is 0.112. The molecule has 5 heteroatoms. The Hall–Kier alpha value is -0.940. The van der Waals surface area contributed by atoms with Crippen LogP contribution in [0.1, 0.15) is 50.2 Å². The van der Waals surface area contributed by atoms with Crippen molar-refractivity contribution in [2.75, 3.05) is 7.11 Å². The molecule has 0 spiro atoms. The standard InChI is InChI=1S/C13H24N4O/c1-4-7-17-13(15-9(2)16-17)10-5-6-12(18-3)11(14)8-10/h10-12H,4-8,14H2,1-3H3/t10-,11+,12+/m0/s1. The highest BCUT2D eigenvalue weighted by atomic mass is 16.5. The topological polar surface area (TPSA) is 66.0 Å². The Labute approximate surface area is 109 Å². The number of nitrogens with two attached hydrogens (primary N) is 1. The van der Waals surface area contributed by atoms with Gasteiger partial charge in [0.1, 0.15) is 11.6 Å². The van der Waals surface area contributed by atoms with Gasteiger partial charge < -0.3 is 10.5 Å². The van der Waals surface area contributed by atoms with Gasteiger partial charge >= 0.3 is 0 Å². The van der Waals surface area contributed by atoms with E-state index in [2.05, 4.69) is 21.7 Å². The van der Waals surface area contributed by atoms with Crippen LogP contribution in [0.3, 0.4) is 0 Å². The van der Waals surface area contributed by atoms with Gasteiger partial charge in [0.2, 0.25) is 0 Å². The Morgan fingerprint density at radius 1 is 1.44 bits per heavy atom. The molecule has 1 aliphatic carbocycles. The maximum absolute atomic E-state index is 6.17. The van der Waals surface area contributed by atoms with E-state index in [4.69, 9.17) is 10.5 Å². The molecule has 1 aromatic rings. The molecule has 1 heterocycles. The summed E-state index contributed by atoms with van der Waals surface area (Å²) in [5, 5.41) is 4.47. The first-order chi connectivity index (χ1) is 8.65. The van der Waals surface area contributed by atoms with Crippen LogP contribution in [0.15, 0.2) is 0 Å². The Balaban J connectivity index is 2.12. The second-order valence-corrected chi connectivity index (χ2v) is 5.19. The van der Waals surface area contributed by atoms with Gasteiger partial charge in [-0.2, -0.15) is 5.10 Å². The van der Waals surface area contributed by atoms with E-state index >= 15 is 0 Å². The fraction of sp³-hybridized carbons (Fsp3) is 0.846. The average Bonchev–Trinajstić information content (AvgIpc) is 2.71. The number of methoxy groups -OCH3 is 1. The lowest BCUT2D eigenvalue weighted by Gasteiger charge is -2.32. The molecule has 2 rings (SSSR count). The van der Waals surface area contributed by atoms with Crippen LogP contribution in [0.2, 0.25) is 0 Å². The monoisotopic (exact) mass is 252 g/mol. The van der Waals surface area contributed by atoms with E-state index in [0.29, 0.717) is 5.92 Å². The largest absolute Gasteiger partial charge is 0.380 e. The molecule has 0 aromatic carbocycles. The van der Waals surface area contributed by atoms with Crippen LogP contribution in [-0.2, 0) is 11.3 Å². The van der Waals surface area contributed by atoms with Gasteiger partial charge in [-0.1, -0.05) is 6.92 Å². The lowest BCUT2D eigenvalue weighted by molar-refractivity contribution is 0.0479. The van der Waals surface area contributed by atoms with Crippen LogP contribution in [0.5, 0.6) is 0 Å². The fourth-order valence-electron chi connectivity index (χ4n) is 2.86. The van der Waals surface area contributed by atoms with Gasteiger partial charge in [-0.25, -0.2) is 9.67 Å². The van der Waals surface area contributed by atoms with Gasteiger partial charge in [0.05, 0.1) is 6.10 Å². The quantitative estimate of drug-likeness (QED) is 0.884. The van der Waals surface area contributed by atoms with Crippen molar-refractivity contribution in [3.63, 3.8) is 0 Å². The Kier molecular flexibility index (Phi) is 4.35.